The Morgan fingerprint density at radius 1 is 1.56 bits per heavy atom. The van der Waals surface area contributed by atoms with Crippen molar-refractivity contribution in [1.82, 2.24) is 14.8 Å². The highest BCUT2D eigenvalue weighted by Crippen LogP contribution is 2.14. The highest BCUT2D eigenvalue weighted by atomic mass is 79.9. The molecule has 5 nitrogen and oxygen atoms in total. The monoisotopic (exact) mass is 287 g/mol. The minimum Gasteiger partial charge on any atom is -0.358 e. The van der Waals surface area contributed by atoms with E-state index in [-0.39, 0.29) is 18.4 Å². The molecule has 0 radical (unpaired) electrons. The van der Waals surface area contributed by atoms with Gasteiger partial charge >= 0.3 is 0 Å². The van der Waals surface area contributed by atoms with Crippen molar-refractivity contribution >= 4 is 27.7 Å². The molecule has 0 unspecified atom stereocenters. The lowest BCUT2D eigenvalue weighted by Gasteiger charge is -2.16. The first-order valence-electron chi connectivity index (χ1n) is 4.73. The zero-order valence-corrected chi connectivity index (χ0v) is 11.0. The number of amides is 2. The molecule has 1 aromatic heterocycles. The van der Waals surface area contributed by atoms with Crippen LogP contribution in [0.4, 0.5) is 0 Å². The lowest BCUT2D eigenvalue weighted by Crippen LogP contribution is -2.37. The number of rotatable bonds is 3. The predicted molar refractivity (Wildman–Crippen MR) is 64.1 cm³/mol. The lowest BCUT2D eigenvalue weighted by atomic mass is 10.3. The number of halogens is 1. The molecule has 0 saturated heterocycles. The van der Waals surface area contributed by atoms with E-state index in [1.807, 2.05) is 0 Å². The van der Waals surface area contributed by atoms with Gasteiger partial charge < -0.3 is 14.8 Å². The molecule has 0 saturated carbocycles. The van der Waals surface area contributed by atoms with Crippen LogP contribution in [0.1, 0.15) is 10.5 Å². The molecule has 0 fully saturated rings. The van der Waals surface area contributed by atoms with Gasteiger partial charge in [-0.05, 0) is 22.0 Å². The number of nitrogens with one attached hydrogen (secondary N) is 1. The molecular weight excluding hydrogens is 274 g/mol. The first-order chi connectivity index (χ1) is 7.45. The fourth-order valence-electron chi connectivity index (χ4n) is 1.30. The Balaban J connectivity index is 2.78. The zero-order chi connectivity index (χ0) is 12.3. The summed E-state index contributed by atoms with van der Waals surface area (Å²) in [5.41, 5.74) is 0.540. The van der Waals surface area contributed by atoms with Crippen molar-refractivity contribution in [3.8, 4) is 0 Å². The first-order valence-corrected chi connectivity index (χ1v) is 5.53. The Morgan fingerprint density at radius 2 is 2.19 bits per heavy atom. The molecule has 0 aliphatic heterocycles. The number of likely N-dealkylation sites (N-methyl/N-ethyl adjacent to an activating group) is 2. The van der Waals surface area contributed by atoms with Crippen LogP contribution in [-0.2, 0) is 11.8 Å². The summed E-state index contributed by atoms with van der Waals surface area (Å²) in [6.07, 6.45) is 1.79. The molecule has 88 valence electrons. The quantitative estimate of drug-likeness (QED) is 0.886. The fourth-order valence-corrected chi connectivity index (χ4v) is 1.82. The molecule has 0 atom stereocenters. The van der Waals surface area contributed by atoms with E-state index in [4.69, 9.17) is 0 Å². The molecule has 2 amide bonds. The summed E-state index contributed by atoms with van der Waals surface area (Å²) in [5.74, 6) is -0.374. The summed E-state index contributed by atoms with van der Waals surface area (Å²) < 4.78 is 2.55. The molecule has 16 heavy (non-hydrogen) atoms. The van der Waals surface area contributed by atoms with Gasteiger partial charge in [0.05, 0.1) is 6.54 Å². The molecule has 1 heterocycles. The second-order valence-corrected chi connectivity index (χ2v) is 4.40. The average Bonchev–Trinajstić information content (AvgIpc) is 2.56. The minimum absolute atomic E-state index is 0.0537. The SMILES string of the molecule is CNC(=O)CN(C)C(=O)c1cc(Br)cn1C. The molecule has 6 heteroatoms. The second kappa shape index (κ2) is 5.16. The van der Waals surface area contributed by atoms with E-state index in [0.29, 0.717) is 5.69 Å². The van der Waals surface area contributed by atoms with Crippen LogP contribution < -0.4 is 5.32 Å². The van der Waals surface area contributed by atoms with Crippen molar-refractivity contribution in [3.05, 3.63) is 22.4 Å². The molecule has 0 aromatic carbocycles. The maximum absolute atomic E-state index is 11.9. The van der Waals surface area contributed by atoms with Gasteiger partial charge in [-0.1, -0.05) is 0 Å². The molecule has 0 aliphatic carbocycles. The summed E-state index contributed by atoms with van der Waals surface area (Å²) in [6, 6.07) is 1.72. The number of carbonyl (C=O) groups excluding carboxylic acids is 2. The molecule has 0 aliphatic rings. The Bertz CT molecular complexity index is 414. The first kappa shape index (κ1) is 12.8. The van der Waals surface area contributed by atoms with Gasteiger partial charge in [0.15, 0.2) is 0 Å². The number of aryl methyl sites for hydroxylation is 1. The molecule has 0 spiro atoms. The van der Waals surface area contributed by atoms with Gasteiger partial charge in [0.1, 0.15) is 5.69 Å². The van der Waals surface area contributed by atoms with Crippen molar-refractivity contribution in [2.24, 2.45) is 7.05 Å². The Morgan fingerprint density at radius 3 is 2.62 bits per heavy atom. The Kier molecular flexibility index (Phi) is 4.12. The van der Waals surface area contributed by atoms with Crippen LogP contribution in [0.15, 0.2) is 16.7 Å². The zero-order valence-electron chi connectivity index (χ0n) is 9.45. The largest absolute Gasteiger partial charge is 0.358 e. The van der Waals surface area contributed by atoms with Gasteiger partial charge in [0.2, 0.25) is 5.91 Å². The van der Waals surface area contributed by atoms with Crippen LogP contribution in [0.3, 0.4) is 0 Å². The van der Waals surface area contributed by atoms with E-state index in [9.17, 15) is 9.59 Å². The van der Waals surface area contributed by atoms with Crippen LogP contribution in [0.2, 0.25) is 0 Å². The summed E-state index contributed by atoms with van der Waals surface area (Å²) in [5, 5.41) is 2.47. The number of carbonyl (C=O) groups is 2. The third kappa shape index (κ3) is 2.85. The van der Waals surface area contributed by atoms with Crippen LogP contribution in [0.5, 0.6) is 0 Å². The minimum atomic E-state index is -0.191. The van der Waals surface area contributed by atoms with Gasteiger partial charge in [-0.25, -0.2) is 0 Å². The van der Waals surface area contributed by atoms with Crippen molar-refractivity contribution in [1.29, 1.82) is 0 Å². The van der Waals surface area contributed by atoms with E-state index < -0.39 is 0 Å². The third-order valence-corrected chi connectivity index (χ3v) is 2.63. The number of hydrogen-bond donors (Lipinski definition) is 1. The van der Waals surface area contributed by atoms with E-state index in [1.165, 1.54) is 4.90 Å². The summed E-state index contributed by atoms with van der Waals surface area (Å²) in [6.45, 7) is 0.0537. The normalized spacial score (nSPS) is 10.0. The Labute approximate surface area is 103 Å². The fraction of sp³-hybridized carbons (Fsp3) is 0.400. The van der Waals surface area contributed by atoms with Crippen LogP contribution >= 0.6 is 15.9 Å². The van der Waals surface area contributed by atoms with Crippen molar-refractivity contribution in [3.63, 3.8) is 0 Å². The topological polar surface area (TPSA) is 54.3 Å². The van der Waals surface area contributed by atoms with E-state index >= 15 is 0 Å². The second-order valence-electron chi connectivity index (χ2n) is 3.49. The predicted octanol–water partition coefficient (Wildman–Crippen LogP) is 0.606. The van der Waals surface area contributed by atoms with Crippen LogP contribution in [0, 0.1) is 0 Å². The maximum Gasteiger partial charge on any atom is 0.270 e. The standard InChI is InChI=1S/C10H14BrN3O2/c1-12-9(15)6-14(3)10(16)8-4-7(11)5-13(8)2/h4-5H,6H2,1-3H3,(H,12,15). The van der Waals surface area contributed by atoms with E-state index in [0.717, 1.165) is 4.47 Å². The molecular formula is C10H14BrN3O2. The van der Waals surface area contributed by atoms with Crippen molar-refractivity contribution < 1.29 is 9.59 Å². The Hall–Kier alpha value is -1.30. The lowest BCUT2D eigenvalue weighted by molar-refractivity contribution is -0.121. The molecule has 1 rings (SSSR count). The smallest absolute Gasteiger partial charge is 0.270 e. The highest BCUT2D eigenvalue weighted by molar-refractivity contribution is 9.10. The summed E-state index contributed by atoms with van der Waals surface area (Å²) >= 11 is 3.29. The number of nitrogens with zero attached hydrogens (tertiary/aromatic N) is 2. The van der Waals surface area contributed by atoms with E-state index in [2.05, 4.69) is 21.2 Å². The van der Waals surface area contributed by atoms with Gasteiger partial charge in [-0.15, -0.1) is 0 Å². The van der Waals surface area contributed by atoms with Gasteiger partial charge in [0, 0.05) is 31.8 Å². The van der Waals surface area contributed by atoms with Gasteiger partial charge in [0.25, 0.3) is 5.91 Å². The molecule has 0 bridgehead atoms. The number of hydrogen-bond acceptors (Lipinski definition) is 2. The molecule has 1 aromatic rings. The third-order valence-electron chi connectivity index (χ3n) is 2.20. The maximum atomic E-state index is 11.9. The van der Waals surface area contributed by atoms with Crippen molar-refractivity contribution in [2.75, 3.05) is 20.6 Å². The van der Waals surface area contributed by atoms with E-state index in [1.54, 1.807) is 38.0 Å². The summed E-state index contributed by atoms with van der Waals surface area (Å²) in [4.78, 5) is 24.4. The van der Waals surface area contributed by atoms with Crippen LogP contribution in [0.25, 0.3) is 0 Å². The average molecular weight is 288 g/mol. The number of aromatic nitrogens is 1. The van der Waals surface area contributed by atoms with Crippen LogP contribution in [-0.4, -0.2) is 41.9 Å². The van der Waals surface area contributed by atoms with Gasteiger partial charge in [-0.2, -0.15) is 0 Å². The highest BCUT2D eigenvalue weighted by Gasteiger charge is 2.17. The van der Waals surface area contributed by atoms with Gasteiger partial charge in [-0.3, -0.25) is 9.59 Å². The summed E-state index contributed by atoms with van der Waals surface area (Å²) in [7, 11) is 4.92. The molecule has 1 N–H and O–H groups in total. The van der Waals surface area contributed by atoms with Crippen molar-refractivity contribution in [2.45, 2.75) is 0 Å².